The Morgan fingerprint density at radius 1 is 1.25 bits per heavy atom. The lowest BCUT2D eigenvalue weighted by Crippen LogP contribution is -2.40. The van der Waals surface area contributed by atoms with E-state index in [1.54, 1.807) is 0 Å². The number of nitrogens with zero attached hydrogens (tertiary/aromatic N) is 1. The van der Waals surface area contributed by atoms with Crippen LogP contribution in [0.4, 0.5) is 0 Å². The summed E-state index contributed by atoms with van der Waals surface area (Å²) in [6.07, 6.45) is 0. The quantitative estimate of drug-likeness (QED) is 0.759. The van der Waals surface area contributed by atoms with Crippen molar-refractivity contribution in [2.45, 2.75) is 19.0 Å². The Balaban J connectivity index is 2.71. The lowest BCUT2D eigenvalue weighted by molar-refractivity contribution is 0.325. The van der Waals surface area contributed by atoms with Gasteiger partial charge in [-0.25, -0.2) is 0 Å². The maximum Gasteiger partial charge on any atom is 0.0451 e. The zero-order valence-electron chi connectivity index (χ0n) is 10.5. The molecule has 90 valence electrons. The molecule has 1 aromatic carbocycles. The fourth-order valence-electron chi connectivity index (χ4n) is 1.72. The van der Waals surface area contributed by atoms with Crippen LogP contribution in [0.1, 0.15) is 18.5 Å². The predicted molar refractivity (Wildman–Crippen MR) is 69.4 cm³/mol. The SMILES string of the molecule is CC(CN)NC(CN(C)C)c1ccccc1. The number of likely N-dealkylation sites (N-methyl/N-ethyl adjacent to an activating group) is 1. The molecule has 0 saturated heterocycles. The summed E-state index contributed by atoms with van der Waals surface area (Å²) in [5, 5.41) is 3.55. The van der Waals surface area contributed by atoms with Gasteiger partial charge in [0.1, 0.15) is 0 Å². The zero-order chi connectivity index (χ0) is 12.0. The molecule has 0 aliphatic rings. The van der Waals surface area contributed by atoms with Gasteiger partial charge in [0.2, 0.25) is 0 Å². The Labute approximate surface area is 98.6 Å². The van der Waals surface area contributed by atoms with Crippen LogP contribution in [0.25, 0.3) is 0 Å². The first-order chi connectivity index (χ1) is 7.63. The van der Waals surface area contributed by atoms with E-state index >= 15 is 0 Å². The smallest absolute Gasteiger partial charge is 0.0451 e. The summed E-state index contributed by atoms with van der Waals surface area (Å²) in [5.74, 6) is 0. The van der Waals surface area contributed by atoms with Gasteiger partial charge in [-0.1, -0.05) is 30.3 Å². The number of rotatable bonds is 6. The highest BCUT2D eigenvalue weighted by Crippen LogP contribution is 2.13. The maximum atomic E-state index is 5.65. The van der Waals surface area contributed by atoms with Crippen LogP contribution in [-0.2, 0) is 0 Å². The third kappa shape index (κ3) is 4.31. The van der Waals surface area contributed by atoms with Crippen molar-refractivity contribution < 1.29 is 0 Å². The normalized spacial score (nSPS) is 15.1. The van der Waals surface area contributed by atoms with E-state index in [-0.39, 0.29) is 0 Å². The zero-order valence-corrected chi connectivity index (χ0v) is 10.5. The van der Waals surface area contributed by atoms with Crippen molar-refractivity contribution in [2.24, 2.45) is 5.73 Å². The average Bonchev–Trinajstić information content (AvgIpc) is 2.28. The van der Waals surface area contributed by atoms with Gasteiger partial charge in [-0.15, -0.1) is 0 Å². The molecule has 3 nitrogen and oxygen atoms in total. The molecule has 1 aromatic rings. The van der Waals surface area contributed by atoms with Crippen molar-refractivity contribution in [1.29, 1.82) is 0 Å². The molecule has 2 atom stereocenters. The van der Waals surface area contributed by atoms with E-state index in [0.29, 0.717) is 18.6 Å². The van der Waals surface area contributed by atoms with Crippen molar-refractivity contribution in [2.75, 3.05) is 27.2 Å². The first kappa shape index (κ1) is 13.2. The van der Waals surface area contributed by atoms with E-state index in [1.807, 2.05) is 6.07 Å². The van der Waals surface area contributed by atoms with Crippen molar-refractivity contribution in [3.8, 4) is 0 Å². The van der Waals surface area contributed by atoms with E-state index in [2.05, 4.69) is 55.5 Å². The molecule has 0 saturated carbocycles. The molecule has 16 heavy (non-hydrogen) atoms. The van der Waals surface area contributed by atoms with Crippen LogP contribution >= 0.6 is 0 Å². The summed E-state index contributed by atoms with van der Waals surface area (Å²) in [6, 6.07) is 11.2. The van der Waals surface area contributed by atoms with Gasteiger partial charge in [-0.2, -0.15) is 0 Å². The summed E-state index contributed by atoms with van der Waals surface area (Å²) >= 11 is 0. The van der Waals surface area contributed by atoms with Crippen LogP contribution in [-0.4, -0.2) is 38.1 Å². The van der Waals surface area contributed by atoms with E-state index in [4.69, 9.17) is 5.73 Å². The lowest BCUT2D eigenvalue weighted by Gasteiger charge is -2.25. The van der Waals surface area contributed by atoms with Gasteiger partial charge in [-0.3, -0.25) is 0 Å². The van der Waals surface area contributed by atoms with Gasteiger partial charge in [0, 0.05) is 25.2 Å². The third-order valence-electron chi connectivity index (χ3n) is 2.59. The molecule has 0 heterocycles. The lowest BCUT2D eigenvalue weighted by atomic mass is 10.1. The number of nitrogens with one attached hydrogen (secondary N) is 1. The van der Waals surface area contributed by atoms with E-state index < -0.39 is 0 Å². The van der Waals surface area contributed by atoms with Crippen molar-refractivity contribution in [3.05, 3.63) is 35.9 Å². The van der Waals surface area contributed by atoms with Crippen LogP contribution in [0.3, 0.4) is 0 Å². The Hall–Kier alpha value is -0.900. The number of benzene rings is 1. The number of hydrogen-bond acceptors (Lipinski definition) is 3. The highest BCUT2D eigenvalue weighted by atomic mass is 15.1. The van der Waals surface area contributed by atoms with Crippen LogP contribution < -0.4 is 11.1 Å². The predicted octanol–water partition coefficient (Wildman–Crippen LogP) is 1.23. The van der Waals surface area contributed by atoms with Gasteiger partial charge in [-0.05, 0) is 26.6 Å². The molecule has 0 radical (unpaired) electrons. The molecular formula is C13H23N3. The van der Waals surface area contributed by atoms with E-state index in [0.717, 1.165) is 6.54 Å². The van der Waals surface area contributed by atoms with E-state index in [1.165, 1.54) is 5.56 Å². The Morgan fingerprint density at radius 2 is 1.88 bits per heavy atom. The third-order valence-corrected chi connectivity index (χ3v) is 2.59. The van der Waals surface area contributed by atoms with Crippen molar-refractivity contribution >= 4 is 0 Å². The number of hydrogen-bond donors (Lipinski definition) is 2. The highest BCUT2D eigenvalue weighted by Gasteiger charge is 2.13. The molecule has 1 rings (SSSR count). The van der Waals surface area contributed by atoms with Crippen molar-refractivity contribution in [3.63, 3.8) is 0 Å². The topological polar surface area (TPSA) is 41.3 Å². The molecule has 3 heteroatoms. The van der Waals surface area contributed by atoms with Crippen LogP contribution in [0.5, 0.6) is 0 Å². The van der Waals surface area contributed by atoms with Crippen molar-refractivity contribution in [1.82, 2.24) is 10.2 Å². The summed E-state index contributed by atoms with van der Waals surface area (Å²) in [5.41, 5.74) is 6.97. The number of nitrogens with two attached hydrogens (primary N) is 1. The van der Waals surface area contributed by atoms with Gasteiger partial charge in [0.15, 0.2) is 0 Å². The molecule has 0 amide bonds. The van der Waals surface area contributed by atoms with Crippen LogP contribution in [0.15, 0.2) is 30.3 Å². The minimum Gasteiger partial charge on any atom is -0.329 e. The maximum absolute atomic E-state index is 5.65. The second-order valence-corrected chi connectivity index (χ2v) is 4.53. The van der Waals surface area contributed by atoms with Crippen LogP contribution in [0.2, 0.25) is 0 Å². The molecule has 0 spiro atoms. The second-order valence-electron chi connectivity index (χ2n) is 4.53. The largest absolute Gasteiger partial charge is 0.329 e. The molecule has 0 aliphatic heterocycles. The molecule has 0 bridgehead atoms. The first-order valence-corrected chi connectivity index (χ1v) is 5.79. The monoisotopic (exact) mass is 221 g/mol. The standard InChI is InChI=1S/C13H23N3/c1-11(9-14)15-13(10-16(2)3)12-7-5-4-6-8-12/h4-8,11,13,15H,9-10,14H2,1-3H3. The molecule has 3 N–H and O–H groups in total. The molecule has 0 aromatic heterocycles. The summed E-state index contributed by atoms with van der Waals surface area (Å²) < 4.78 is 0. The molecular weight excluding hydrogens is 198 g/mol. The Kier molecular flexibility index (Phi) is 5.46. The Morgan fingerprint density at radius 3 is 2.38 bits per heavy atom. The second kappa shape index (κ2) is 6.63. The molecule has 0 fully saturated rings. The minimum absolute atomic E-state index is 0.338. The highest BCUT2D eigenvalue weighted by molar-refractivity contribution is 5.19. The molecule has 2 unspecified atom stereocenters. The summed E-state index contributed by atoms with van der Waals surface area (Å²) in [7, 11) is 4.18. The molecule has 0 aliphatic carbocycles. The summed E-state index contributed by atoms with van der Waals surface area (Å²) in [4.78, 5) is 2.19. The Bertz CT molecular complexity index is 284. The van der Waals surface area contributed by atoms with Gasteiger partial charge in [0.25, 0.3) is 0 Å². The summed E-state index contributed by atoms with van der Waals surface area (Å²) in [6.45, 7) is 3.76. The van der Waals surface area contributed by atoms with Crippen LogP contribution in [0, 0.1) is 0 Å². The fourth-order valence-corrected chi connectivity index (χ4v) is 1.72. The van der Waals surface area contributed by atoms with Gasteiger partial charge < -0.3 is 16.0 Å². The van der Waals surface area contributed by atoms with E-state index in [9.17, 15) is 0 Å². The fraction of sp³-hybridized carbons (Fsp3) is 0.538. The average molecular weight is 221 g/mol. The van der Waals surface area contributed by atoms with Gasteiger partial charge in [0.05, 0.1) is 0 Å². The van der Waals surface area contributed by atoms with Gasteiger partial charge >= 0.3 is 0 Å². The minimum atomic E-state index is 0.338. The first-order valence-electron chi connectivity index (χ1n) is 5.79.